The number of nitrogens with zero attached hydrogens (tertiary/aromatic N) is 1. The van der Waals surface area contributed by atoms with Crippen molar-refractivity contribution in [2.45, 2.75) is 13.5 Å². The Morgan fingerprint density at radius 2 is 2.00 bits per heavy atom. The Kier molecular flexibility index (Phi) is 7.13. The van der Waals surface area contributed by atoms with E-state index in [4.69, 9.17) is 10.5 Å². The van der Waals surface area contributed by atoms with Crippen LogP contribution >= 0.6 is 0 Å². The Bertz CT molecular complexity index is 443. The van der Waals surface area contributed by atoms with Crippen LogP contribution in [0.1, 0.15) is 22.8 Å². The van der Waals surface area contributed by atoms with Gasteiger partial charge in [0.25, 0.3) is 0 Å². The van der Waals surface area contributed by atoms with Crippen LogP contribution in [-0.2, 0) is 11.3 Å². The molecule has 0 saturated carbocycles. The molecule has 0 aromatic heterocycles. The molecule has 0 unspecified atom stereocenters. The average molecular weight is 278 g/mol. The van der Waals surface area contributed by atoms with Gasteiger partial charge in [-0.05, 0) is 24.6 Å². The number of aliphatic imine (C=N–C) groups is 1. The zero-order valence-corrected chi connectivity index (χ0v) is 12.0. The number of primary amides is 1. The Balaban J connectivity index is 2.38. The minimum atomic E-state index is -0.419. The van der Waals surface area contributed by atoms with Gasteiger partial charge in [0.2, 0.25) is 5.91 Å². The molecule has 1 aromatic carbocycles. The Hall–Kier alpha value is -2.08. The highest BCUT2D eigenvalue weighted by molar-refractivity contribution is 5.92. The smallest absolute Gasteiger partial charge is 0.248 e. The summed E-state index contributed by atoms with van der Waals surface area (Å²) in [6.45, 7) is 4.63. The van der Waals surface area contributed by atoms with Gasteiger partial charge in [-0.1, -0.05) is 12.1 Å². The number of nitrogens with one attached hydrogen (secondary N) is 2. The van der Waals surface area contributed by atoms with Crippen molar-refractivity contribution in [1.29, 1.82) is 0 Å². The molecule has 1 rings (SSSR count). The number of carbonyl (C=O) groups is 1. The van der Waals surface area contributed by atoms with E-state index in [2.05, 4.69) is 15.6 Å². The summed E-state index contributed by atoms with van der Waals surface area (Å²) in [5.41, 5.74) is 6.74. The molecule has 110 valence electrons. The molecule has 1 amide bonds. The second-order valence-corrected chi connectivity index (χ2v) is 4.11. The van der Waals surface area contributed by atoms with Crippen molar-refractivity contribution in [2.24, 2.45) is 10.7 Å². The Morgan fingerprint density at radius 1 is 1.30 bits per heavy atom. The van der Waals surface area contributed by atoms with Gasteiger partial charge in [-0.3, -0.25) is 9.79 Å². The quantitative estimate of drug-likeness (QED) is 0.385. The predicted molar refractivity (Wildman–Crippen MR) is 79.7 cm³/mol. The molecule has 0 spiro atoms. The van der Waals surface area contributed by atoms with E-state index >= 15 is 0 Å². The van der Waals surface area contributed by atoms with Crippen LogP contribution in [0, 0.1) is 0 Å². The molecule has 6 nitrogen and oxygen atoms in total. The van der Waals surface area contributed by atoms with Gasteiger partial charge in [-0.25, -0.2) is 0 Å². The van der Waals surface area contributed by atoms with Gasteiger partial charge in [0, 0.05) is 32.3 Å². The van der Waals surface area contributed by atoms with Gasteiger partial charge in [-0.2, -0.15) is 0 Å². The molecule has 0 bridgehead atoms. The minimum absolute atomic E-state index is 0.419. The molecule has 6 heteroatoms. The van der Waals surface area contributed by atoms with E-state index in [1.54, 1.807) is 19.2 Å². The van der Waals surface area contributed by atoms with Crippen LogP contribution in [0.5, 0.6) is 0 Å². The Labute approximate surface area is 119 Å². The van der Waals surface area contributed by atoms with Gasteiger partial charge in [0.15, 0.2) is 5.96 Å². The average Bonchev–Trinajstić information content (AvgIpc) is 2.47. The fourth-order valence-corrected chi connectivity index (χ4v) is 1.58. The highest BCUT2D eigenvalue weighted by Crippen LogP contribution is 2.03. The molecule has 0 saturated heterocycles. The number of amides is 1. The van der Waals surface area contributed by atoms with Crippen LogP contribution in [-0.4, -0.2) is 38.7 Å². The topological polar surface area (TPSA) is 88.7 Å². The lowest BCUT2D eigenvalue weighted by molar-refractivity contribution is 0.100. The highest BCUT2D eigenvalue weighted by atomic mass is 16.5. The van der Waals surface area contributed by atoms with Crippen LogP contribution in [0.3, 0.4) is 0 Å². The van der Waals surface area contributed by atoms with E-state index in [1.807, 2.05) is 19.1 Å². The van der Waals surface area contributed by atoms with Gasteiger partial charge >= 0.3 is 0 Å². The zero-order chi connectivity index (χ0) is 14.8. The third-order valence-corrected chi connectivity index (χ3v) is 2.66. The summed E-state index contributed by atoms with van der Waals surface area (Å²) in [6, 6.07) is 7.15. The van der Waals surface area contributed by atoms with Crippen molar-refractivity contribution in [3.63, 3.8) is 0 Å². The lowest BCUT2D eigenvalue weighted by Crippen LogP contribution is -2.38. The predicted octanol–water partition coefficient (Wildman–Crippen LogP) is 0.487. The maximum atomic E-state index is 11.0. The van der Waals surface area contributed by atoms with Crippen LogP contribution in [0.4, 0.5) is 0 Å². The molecular weight excluding hydrogens is 256 g/mol. The van der Waals surface area contributed by atoms with Crippen molar-refractivity contribution >= 4 is 11.9 Å². The lowest BCUT2D eigenvalue weighted by atomic mass is 10.1. The van der Waals surface area contributed by atoms with Crippen LogP contribution in [0.2, 0.25) is 0 Å². The molecule has 1 aromatic rings. The van der Waals surface area contributed by atoms with E-state index in [1.165, 1.54) is 0 Å². The van der Waals surface area contributed by atoms with E-state index in [0.717, 1.165) is 5.56 Å². The fourth-order valence-electron chi connectivity index (χ4n) is 1.58. The van der Waals surface area contributed by atoms with E-state index in [-0.39, 0.29) is 0 Å². The van der Waals surface area contributed by atoms with Gasteiger partial charge in [-0.15, -0.1) is 0 Å². The van der Waals surface area contributed by atoms with Crippen LogP contribution in [0.25, 0.3) is 0 Å². The molecule has 0 radical (unpaired) electrons. The monoisotopic (exact) mass is 278 g/mol. The van der Waals surface area contributed by atoms with Gasteiger partial charge < -0.3 is 21.1 Å². The number of hydrogen-bond acceptors (Lipinski definition) is 3. The number of hydrogen-bond donors (Lipinski definition) is 3. The summed E-state index contributed by atoms with van der Waals surface area (Å²) in [4.78, 5) is 15.1. The van der Waals surface area contributed by atoms with E-state index in [0.29, 0.717) is 37.8 Å². The maximum absolute atomic E-state index is 11.0. The summed E-state index contributed by atoms with van der Waals surface area (Å²) in [6.07, 6.45) is 0. The van der Waals surface area contributed by atoms with Crippen LogP contribution in [0.15, 0.2) is 29.3 Å². The fraction of sp³-hybridized carbons (Fsp3) is 0.429. The van der Waals surface area contributed by atoms with Crippen molar-refractivity contribution in [1.82, 2.24) is 10.6 Å². The molecule has 20 heavy (non-hydrogen) atoms. The normalized spacial score (nSPS) is 11.2. The molecule has 0 heterocycles. The third-order valence-electron chi connectivity index (χ3n) is 2.66. The first-order chi connectivity index (χ1) is 9.67. The largest absolute Gasteiger partial charge is 0.380 e. The van der Waals surface area contributed by atoms with Gasteiger partial charge in [0.05, 0.1) is 6.61 Å². The van der Waals surface area contributed by atoms with Crippen molar-refractivity contribution in [2.75, 3.05) is 26.8 Å². The number of carbonyl (C=O) groups excluding carboxylic acids is 1. The summed E-state index contributed by atoms with van der Waals surface area (Å²) in [5.74, 6) is 0.293. The molecule has 4 N–H and O–H groups in total. The molecule has 0 aliphatic heterocycles. The number of benzene rings is 1. The number of nitrogens with two attached hydrogens (primary N) is 1. The second kappa shape index (κ2) is 8.92. The molecule has 0 aliphatic carbocycles. The SMILES string of the molecule is CCOCCNC(=NC)NCc1ccc(C(N)=O)cc1. The first kappa shape index (κ1) is 16.0. The van der Waals surface area contributed by atoms with Crippen molar-refractivity contribution in [3.8, 4) is 0 Å². The standard InChI is InChI=1S/C14H22N4O2/c1-3-20-9-8-17-14(16-2)18-10-11-4-6-12(7-5-11)13(15)19/h4-7H,3,8-10H2,1-2H3,(H2,15,19)(H2,16,17,18). The first-order valence-corrected chi connectivity index (χ1v) is 6.58. The highest BCUT2D eigenvalue weighted by Gasteiger charge is 2.01. The Morgan fingerprint density at radius 3 is 2.55 bits per heavy atom. The molecule has 0 aliphatic rings. The third kappa shape index (κ3) is 5.71. The number of guanidine groups is 1. The van der Waals surface area contributed by atoms with E-state index in [9.17, 15) is 4.79 Å². The first-order valence-electron chi connectivity index (χ1n) is 6.58. The molecule has 0 atom stereocenters. The lowest BCUT2D eigenvalue weighted by Gasteiger charge is -2.12. The summed E-state index contributed by atoms with van der Waals surface area (Å²) in [7, 11) is 1.71. The minimum Gasteiger partial charge on any atom is -0.380 e. The number of ether oxygens (including phenoxy) is 1. The number of rotatable bonds is 7. The zero-order valence-electron chi connectivity index (χ0n) is 12.0. The van der Waals surface area contributed by atoms with Crippen molar-refractivity contribution in [3.05, 3.63) is 35.4 Å². The molecular formula is C14H22N4O2. The van der Waals surface area contributed by atoms with Crippen molar-refractivity contribution < 1.29 is 9.53 Å². The summed E-state index contributed by atoms with van der Waals surface area (Å²) < 4.78 is 5.24. The van der Waals surface area contributed by atoms with Crippen LogP contribution < -0.4 is 16.4 Å². The van der Waals surface area contributed by atoms with E-state index < -0.39 is 5.91 Å². The van der Waals surface area contributed by atoms with Gasteiger partial charge in [0.1, 0.15) is 0 Å². The maximum Gasteiger partial charge on any atom is 0.248 e. The summed E-state index contributed by atoms with van der Waals surface area (Å²) >= 11 is 0. The molecule has 0 fully saturated rings. The summed E-state index contributed by atoms with van der Waals surface area (Å²) in [5, 5.41) is 6.32. The second-order valence-electron chi connectivity index (χ2n) is 4.11.